The molecule has 1 aromatic rings. The topological polar surface area (TPSA) is 176 Å². The zero-order valence-electron chi connectivity index (χ0n) is 26.1. The molecule has 4 rings (SSSR count). The van der Waals surface area contributed by atoms with Gasteiger partial charge in [0.1, 0.15) is 30.6 Å². The second-order valence-electron chi connectivity index (χ2n) is 12.3. The van der Waals surface area contributed by atoms with Crippen LogP contribution in [0.4, 0.5) is 0 Å². The third-order valence-corrected chi connectivity index (χ3v) is 8.99. The van der Waals surface area contributed by atoms with Gasteiger partial charge in [0, 0.05) is 32.1 Å². The summed E-state index contributed by atoms with van der Waals surface area (Å²) in [4.78, 5) is 41.8. The normalized spacial score (nSPS) is 28.8. The van der Waals surface area contributed by atoms with Crippen LogP contribution in [0.5, 0.6) is 0 Å². The van der Waals surface area contributed by atoms with Crippen LogP contribution in [0, 0.1) is 12.8 Å². The number of unbranched alkanes of at least 4 members (excludes halogenated alkanes) is 1. The molecule has 3 amide bonds. The average molecular weight is 619 g/mol. The number of nitrogens with one attached hydrogen (secondary N) is 4. The van der Waals surface area contributed by atoms with E-state index in [1.165, 1.54) is 6.92 Å². The van der Waals surface area contributed by atoms with Crippen LogP contribution in [-0.4, -0.2) is 112 Å². The van der Waals surface area contributed by atoms with Crippen LogP contribution >= 0.6 is 0 Å². The standard InChI is InChI=1S/C31H50N6O7/c1-4-5-15-32-29(42)26(21-12-7-6-8-13-21)36(30(43)23-14-10-9-11-19(23)2)16-22-17-37(35-34-22)31-25(33-20(3)39)28(41)27(40)24(18-38)44-31/h9-11,14,21-22,24-28,31,34-35,38,40-41H,4-8,12-13,15-18H2,1-3H3,(H,32,42)(H,33,39). The van der Waals surface area contributed by atoms with Crippen molar-refractivity contribution < 1.29 is 34.4 Å². The molecule has 2 heterocycles. The number of aryl methyl sites for hydroxylation is 1. The number of hydrogen-bond donors (Lipinski definition) is 7. The Labute approximate surface area is 259 Å². The number of carbonyl (C=O) groups excluding carboxylic acids is 3. The molecule has 7 N–H and O–H groups in total. The van der Waals surface area contributed by atoms with E-state index in [1.807, 2.05) is 25.1 Å². The van der Waals surface area contributed by atoms with Crippen molar-refractivity contribution >= 4 is 17.7 Å². The fourth-order valence-electron chi connectivity index (χ4n) is 6.61. The van der Waals surface area contributed by atoms with Crippen molar-refractivity contribution in [3.05, 3.63) is 35.4 Å². The Bertz CT molecular complexity index is 1120. The molecule has 0 aromatic heterocycles. The van der Waals surface area contributed by atoms with Crippen LogP contribution in [0.3, 0.4) is 0 Å². The summed E-state index contributed by atoms with van der Waals surface area (Å²) < 4.78 is 5.94. The average Bonchev–Trinajstić information content (AvgIpc) is 3.48. The summed E-state index contributed by atoms with van der Waals surface area (Å²) in [6.07, 6.45) is 1.85. The molecule has 0 spiro atoms. The monoisotopic (exact) mass is 618 g/mol. The highest BCUT2D eigenvalue weighted by Crippen LogP contribution is 2.31. The molecule has 0 radical (unpaired) electrons. The summed E-state index contributed by atoms with van der Waals surface area (Å²) in [6, 6.07) is 5.38. The first-order valence-corrected chi connectivity index (χ1v) is 16.0. The fraction of sp³-hybridized carbons (Fsp3) is 0.710. The van der Waals surface area contributed by atoms with E-state index in [0.717, 1.165) is 50.5 Å². The minimum Gasteiger partial charge on any atom is -0.394 e. The number of benzene rings is 1. The maximum absolute atomic E-state index is 14.3. The highest BCUT2D eigenvalue weighted by molar-refractivity contribution is 5.98. The van der Waals surface area contributed by atoms with Gasteiger partial charge in [-0.15, -0.1) is 0 Å². The smallest absolute Gasteiger partial charge is 0.254 e. The fourth-order valence-corrected chi connectivity index (χ4v) is 6.61. The van der Waals surface area contributed by atoms with E-state index < -0.39 is 49.1 Å². The molecular weight excluding hydrogens is 568 g/mol. The molecule has 13 nitrogen and oxygen atoms in total. The number of rotatable bonds is 12. The Morgan fingerprint density at radius 2 is 1.86 bits per heavy atom. The molecule has 7 atom stereocenters. The van der Waals surface area contributed by atoms with E-state index in [1.54, 1.807) is 16.0 Å². The molecule has 7 unspecified atom stereocenters. The largest absolute Gasteiger partial charge is 0.394 e. The van der Waals surface area contributed by atoms with Crippen molar-refractivity contribution in [2.75, 3.05) is 26.2 Å². The molecule has 1 aliphatic carbocycles. The number of amides is 3. The number of nitrogens with zero attached hydrogens (tertiary/aromatic N) is 2. The van der Waals surface area contributed by atoms with Crippen molar-refractivity contribution in [3.8, 4) is 0 Å². The van der Waals surface area contributed by atoms with Gasteiger partial charge in [0.05, 0.1) is 18.7 Å². The van der Waals surface area contributed by atoms with Crippen molar-refractivity contribution in [2.45, 2.75) is 108 Å². The van der Waals surface area contributed by atoms with Crippen molar-refractivity contribution in [1.82, 2.24) is 31.5 Å². The first kappa shape index (κ1) is 34.2. The molecular formula is C31H50N6O7. The molecule has 0 bridgehead atoms. The third kappa shape index (κ3) is 8.13. The van der Waals surface area contributed by atoms with E-state index in [0.29, 0.717) is 12.1 Å². The highest BCUT2D eigenvalue weighted by atomic mass is 16.5. The molecule has 13 heteroatoms. The van der Waals surface area contributed by atoms with Gasteiger partial charge in [0.25, 0.3) is 5.91 Å². The van der Waals surface area contributed by atoms with E-state index in [4.69, 9.17) is 4.74 Å². The van der Waals surface area contributed by atoms with Crippen LogP contribution in [0.15, 0.2) is 24.3 Å². The molecule has 3 aliphatic rings. The quantitative estimate of drug-likeness (QED) is 0.157. The number of aliphatic hydroxyl groups is 3. The Hall–Kier alpha value is -2.65. The van der Waals surface area contributed by atoms with E-state index >= 15 is 0 Å². The van der Waals surface area contributed by atoms with Crippen LogP contribution < -0.4 is 21.6 Å². The molecule has 2 saturated heterocycles. The lowest BCUT2D eigenvalue weighted by atomic mass is 9.82. The number of ether oxygens (including phenoxy) is 1. The summed E-state index contributed by atoms with van der Waals surface area (Å²) in [6.45, 7) is 5.75. The van der Waals surface area contributed by atoms with Crippen molar-refractivity contribution in [1.29, 1.82) is 0 Å². The second kappa shape index (κ2) is 16.1. The van der Waals surface area contributed by atoms with Crippen LogP contribution in [0.2, 0.25) is 0 Å². The summed E-state index contributed by atoms with van der Waals surface area (Å²) in [7, 11) is 0. The molecule has 2 aliphatic heterocycles. The number of hydrogen-bond acceptors (Lipinski definition) is 10. The Kier molecular flexibility index (Phi) is 12.5. The van der Waals surface area contributed by atoms with E-state index in [-0.39, 0.29) is 36.9 Å². The lowest BCUT2D eigenvalue weighted by Gasteiger charge is -2.45. The van der Waals surface area contributed by atoms with Gasteiger partial charge < -0.3 is 35.6 Å². The Morgan fingerprint density at radius 3 is 2.52 bits per heavy atom. The van der Waals surface area contributed by atoms with Crippen LogP contribution in [0.25, 0.3) is 0 Å². The van der Waals surface area contributed by atoms with Crippen molar-refractivity contribution in [2.24, 2.45) is 5.92 Å². The summed E-state index contributed by atoms with van der Waals surface area (Å²) in [5.74, 6) is -0.746. The molecule has 1 saturated carbocycles. The van der Waals surface area contributed by atoms with Gasteiger partial charge in [-0.1, -0.05) is 50.8 Å². The molecule has 3 fully saturated rings. The summed E-state index contributed by atoms with van der Waals surface area (Å²) >= 11 is 0. The first-order chi connectivity index (χ1) is 21.2. The first-order valence-electron chi connectivity index (χ1n) is 16.0. The molecule has 44 heavy (non-hydrogen) atoms. The van der Waals surface area contributed by atoms with Gasteiger partial charge >= 0.3 is 0 Å². The second-order valence-corrected chi connectivity index (χ2v) is 12.3. The lowest BCUT2D eigenvalue weighted by Crippen LogP contribution is -2.69. The zero-order chi connectivity index (χ0) is 31.8. The number of aliphatic hydroxyl groups excluding tert-OH is 3. The lowest BCUT2D eigenvalue weighted by molar-refractivity contribution is -0.237. The number of hydrazine groups is 2. The third-order valence-electron chi connectivity index (χ3n) is 8.99. The van der Waals surface area contributed by atoms with Crippen molar-refractivity contribution in [3.63, 3.8) is 0 Å². The van der Waals surface area contributed by atoms with Crippen LogP contribution in [-0.2, 0) is 14.3 Å². The maximum atomic E-state index is 14.3. The van der Waals surface area contributed by atoms with Gasteiger partial charge in [-0.3, -0.25) is 14.4 Å². The van der Waals surface area contributed by atoms with Gasteiger partial charge in [-0.2, -0.15) is 10.5 Å². The number of carbonyl (C=O) groups is 3. The summed E-state index contributed by atoms with van der Waals surface area (Å²) in [5.41, 5.74) is 7.60. The SMILES string of the molecule is CCCCNC(=O)C(C1CCCCC1)N(CC1CN(C2OC(CO)C(O)C(O)C2NC(C)=O)NN1)C(=O)c1ccccc1C. The van der Waals surface area contributed by atoms with Gasteiger partial charge in [0.15, 0.2) is 0 Å². The molecule has 246 valence electrons. The zero-order valence-corrected chi connectivity index (χ0v) is 26.1. The molecule has 1 aromatic carbocycles. The highest BCUT2D eigenvalue weighted by Gasteiger charge is 2.49. The van der Waals surface area contributed by atoms with Gasteiger partial charge in [-0.05, 0) is 43.7 Å². The Morgan fingerprint density at radius 1 is 1.14 bits per heavy atom. The Balaban J connectivity index is 1.61. The van der Waals surface area contributed by atoms with Gasteiger partial charge in [0.2, 0.25) is 11.8 Å². The van der Waals surface area contributed by atoms with Crippen LogP contribution in [0.1, 0.15) is 74.7 Å². The predicted molar refractivity (Wildman–Crippen MR) is 163 cm³/mol. The summed E-state index contributed by atoms with van der Waals surface area (Å²) in [5, 5.41) is 38.4. The minimum atomic E-state index is -1.40. The predicted octanol–water partition coefficient (Wildman–Crippen LogP) is -0.0605. The van der Waals surface area contributed by atoms with Gasteiger partial charge in [-0.25, -0.2) is 5.43 Å². The minimum absolute atomic E-state index is 0.0246. The van der Waals surface area contributed by atoms with E-state index in [9.17, 15) is 29.7 Å². The maximum Gasteiger partial charge on any atom is 0.254 e. The van der Waals surface area contributed by atoms with E-state index in [2.05, 4.69) is 28.5 Å².